The monoisotopic (exact) mass is 422 g/mol. The molecule has 4 rings (SSSR count). The molecule has 0 spiro atoms. The molecule has 30 heavy (non-hydrogen) atoms. The number of hydrogen-bond acceptors (Lipinski definition) is 7. The Morgan fingerprint density at radius 3 is 2.63 bits per heavy atom. The number of para-hydroxylation sites is 1. The summed E-state index contributed by atoms with van der Waals surface area (Å²) in [6.07, 6.45) is 0.0221. The van der Waals surface area contributed by atoms with Crippen LogP contribution in [0.2, 0.25) is 0 Å². The van der Waals surface area contributed by atoms with Gasteiger partial charge in [-0.05, 0) is 24.3 Å². The number of ether oxygens (including phenoxy) is 1. The van der Waals surface area contributed by atoms with Crippen LogP contribution in [0.5, 0.6) is 5.75 Å². The van der Waals surface area contributed by atoms with Crippen LogP contribution < -0.4 is 9.64 Å². The van der Waals surface area contributed by atoms with E-state index < -0.39 is 10.8 Å². The van der Waals surface area contributed by atoms with Crippen molar-refractivity contribution in [2.75, 3.05) is 24.6 Å². The molecule has 2 aliphatic heterocycles. The van der Waals surface area contributed by atoms with Gasteiger partial charge in [-0.3, -0.25) is 19.8 Å². The molecule has 1 atom stereocenters. The summed E-state index contributed by atoms with van der Waals surface area (Å²) < 4.78 is 5.19. The molecule has 1 amide bonds. The summed E-state index contributed by atoms with van der Waals surface area (Å²) in [5.41, 5.74) is 1.67. The van der Waals surface area contributed by atoms with Crippen LogP contribution in [0.25, 0.3) is 0 Å². The van der Waals surface area contributed by atoms with E-state index in [1.807, 2.05) is 29.2 Å². The van der Waals surface area contributed by atoms with Crippen LogP contribution in [0.4, 0.5) is 11.4 Å². The summed E-state index contributed by atoms with van der Waals surface area (Å²) in [6, 6.07) is 16.1. The number of nitriles is 1. The molecular formula is C21H18N4O4S. The number of carbonyl (C=O) groups is 1. The summed E-state index contributed by atoms with van der Waals surface area (Å²) >= 11 is 1.40. The Kier molecular flexibility index (Phi) is 5.33. The lowest BCUT2D eigenvalue weighted by Gasteiger charge is -2.42. The zero-order chi connectivity index (χ0) is 21.3. The van der Waals surface area contributed by atoms with Crippen LogP contribution in [0.3, 0.4) is 0 Å². The number of nitro benzene ring substituents is 1. The third-order valence-electron chi connectivity index (χ3n) is 5.24. The lowest BCUT2D eigenvalue weighted by Crippen LogP contribution is -2.47. The molecule has 2 aromatic rings. The highest BCUT2D eigenvalue weighted by atomic mass is 32.2. The highest BCUT2D eigenvalue weighted by Gasteiger charge is 2.40. The van der Waals surface area contributed by atoms with Crippen molar-refractivity contribution in [1.29, 1.82) is 5.26 Å². The minimum absolute atomic E-state index is 0.0221. The first-order valence-corrected chi connectivity index (χ1v) is 10.2. The molecule has 0 aromatic heterocycles. The Morgan fingerprint density at radius 1 is 1.23 bits per heavy atom. The number of carbonyl (C=O) groups excluding carboxylic acids is 1. The van der Waals surface area contributed by atoms with Gasteiger partial charge in [0.1, 0.15) is 5.75 Å². The predicted octanol–water partition coefficient (Wildman–Crippen LogP) is 3.82. The van der Waals surface area contributed by atoms with Crippen molar-refractivity contribution in [1.82, 2.24) is 4.90 Å². The van der Waals surface area contributed by atoms with Crippen molar-refractivity contribution in [2.45, 2.75) is 12.3 Å². The molecule has 0 saturated carbocycles. The molecule has 1 fully saturated rings. The number of allylic oxidation sites excluding steroid dienone is 1. The summed E-state index contributed by atoms with van der Waals surface area (Å²) in [6.45, 7) is 0.322. The third kappa shape index (κ3) is 3.46. The first-order valence-electron chi connectivity index (χ1n) is 9.23. The highest BCUT2D eigenvalue weighted by molar-refractivity contribution is 8.03. The van der Waals surface area contributed by atoms with Crippen molar-refractivity contribution in [3.05, 3.63) is 74.8 Å². The quantitative estimate of drug-likeness (QED) is 0.545. The van der Waals surface area contributed by atoms with Crippen molar-refractivity contribution in [3.8, 4) is 11.8 Å². The van der Waals surface area contributed by atoms with Crippen LogP contribution in [0.15, 0.2) is 59.1 Å². The van der Waals surface area contributed by atoms with Gasteiger partial charge in [-0.2, -0.15) is 5.26 Å². The van der Waals surface area contributed by atoms with E-state index in [1.54, 1.807) is 30.2 Å². The maximum Gasteiger partial charge on any atom is 0.273 e. The van der Waals surface area contributed by atoms with Gasteiger partial charge in [-0.25, -0.2) is 0 Å². The number of benzene rings is 2. The summed E-state index contributed by atoms with van der Waals surface area (Å²) in [5.74, 6) is 0.533. The number of thioether (sulfide) groups is 1. The van der Waals surface area contributed by atoms with E-state index in [1.165, 1.54) is 17.8 Å². The molecule has 0 unspecified atom stereocenters. The molecule has 2 heterocycles. The number of nitrogens with zero attached hydrogens (tertiary/aromatic N) is 4. The van der Waals surface area contributed by atoms with E-state index in [2.05, 4.69) is 6.07 Å². The number of rotatable bonds is 4. The Balaban J connectivity index is 1.67. The van der Waals surface area contributed by atoms with Gasteiger partial charge in [0.25, 0.3) is 5.69 Å². The molecule has 0 bridgehead atoms. The number of nitro groups is 1. The van der Waals surface area contributed by atoms with Gasteiger partial charge in [0.2, 0.25) is 5.91 Å². The lowest BCUT2D eigenvalue weighted by molar-refractivity contribution is -0.385. The fourth-order valence-corrected chi connectivity index (χ4v) is 4.90. The largest absolute Gasteiger partial charge is 0.497 e. The van der Waals surface area contributed by atoms with Crippen LogP contribution >= 0.6 is 11.8 Å². The topological polar surface area (TPSA) is 99.7 Å². The van der Waals surface area contributed by atoms with Crippen molar-refractivity contribution < 1.29 is 14.5 Å². The zero-order valence-electron chi connectivity index (χ0n) is 16.1. The third-order valence-corrected chi connectivity index (χ3v) is 6.39. The minimum Gasteiger partial charge on any atom is -0.497 e. The molecule has 0 aliphatic carbocycles. The Hall–Kier alpha value is -3.51. The van der Waals surface area contributed by atoms with Crippen molar-refractivity contribution >= 4 is 29.0 Å². The molecule has 2 aliphatic rings. The minimum atomic E-state index is -0.615. The zero-order valence-corrected chi connectivity index (χ0v) is 17.0. The molecule has 152 valence electrons. The number of amides is 1. The maximum absolute atomic E-state index is 13.0. The van der Waals surface area contributed by atoms with E-state index in [0.717, 1.165) is 11.4 Å². The average molecular weight is 422 g/mol. The van der Waals surface area contributed by atoms with Gasteiger partial charge >= 0.3 is 0 Å². The number of hydrogen-bond donors (Lipinski definition) is 0. The van der Waals surface area contributed by atoms with Crippen LogP contribution in [0.1, 0.15) is 17.9 Å². The Morgan fingerprint density at radius 2 is 1.97 bits per heavy atom. The highest BCUT2D eigenvalue weighted by Crippen LogP contribution is 2.45. The first-order chi connectivity index (χ1) is 14.5. The summed E-state index contributed by atoms with van der Waals surface area (Å²) in [7, 11) is 1.60. The number of fused-ring (bicyclic) bond motifs is 1. The second-order valence-corrected chi connectivity index (χ2v) is 7.81. The maximum atomic E-state index is 13.0. The molecule has 1 saturated heterocycles. The Bertz CT molecular complexity index is 1080. The lowest BCUT2D eigenvalue weighted by atomic mass is 9.85. The predicted molar refractivity (Wildman–Crippen MR) is 113 cm³/mol. The standard InChI is InChI=1S/C21H18N4O4S/c1-29-15-8-6-14(7-9-15)23-12-24-20(26)10-17(18(11-22)21(24)30-13-23)16-4-2-3-5-19(16)25(27)28/h2-9,17H,10,12-13H2,1H3/t17-/m0/s1. The van der Waals surface area contributed by atoms with E-state index in [-0.39, 0.29) is 18.0 Å². The number of methoxy groups -OCH3 is 1. The summed E-state index contributed by atoms with van der Waals surface area (Å²) in [4.78, 5) is 27.6. The molecule has 8 nitrogen and oxygen atoms in total. The molecule has 0 N–H and O–H groups in total. The smallest absolute Gasteiger partial charge is 0.273 e. The fourth-order valence-electron chi connectivity index (χ4n) is 3.73. The van der Waals surface area contributed by atoms with E-state index >= 15 is 0 Å². The second kappa shape index (κ2) is 8.08. The van der Waals surface area contributed by atoms with Gasteiger partial charge in [0, 0.05) is 29.7 Å². The van der Waals surface area contributed by atoms with Crippen molar-refractivity contribution in [3.63, 3.8) is 0 Å². The van der Waals surface area contributed by atoms with E-state index in [9.17, 15) is 20.2 Å². The fraction of sp³-hybridized carbons (Fsp3) is 0.238. The Labute approximate surface area is 177 Å². The van der Waals surface area contributed by atoms with Gasteiger partial charge in [-0.1, -0.05) is 30.0 Å². The van der Waals surface area contributed by atoms with Gasteiger partial charge in [-0.15, -0.1) is 0 Å². The normalized spacial score (nSPS) is 18.7. The molecule has 2 aromatic carbocycles. The SMILES string of the molecule is COc1ccc(N2CSC3=C(C#N)[C@H](c4ccccc4[N+](=O)[O-])CC(=O)N3C2)cc1. The molecule has 9 heteroatoms. The van der Waals surface area contributed by atoms with Gasteiger partial charge in [0.15, 0.2) is 0 Å². The average Bonchev–Trinajstić information content (AvgIpc) is 2.79. The van der Waals surface area contributed by atoms with Crippen LogP contribution in [0, 0.1) is 21.4 Å². The van der Waals surface area contributed by atoms with Gasteiger partial charge in [0.05, 0.1) is 41.2 Å². The molecular weight excluding hydrogens is 404 g/mol. The van der Waals surface area contributed by atoms with E-state index in [0.29, 0.717) is 28.7 Å². The van der Waals surface area contributed by atoms with E-state index in [4.69, 9.17) is 4.74 Å². The summed E-state index contributed by atoms with van der Waals surface area (Å²) in [5, 5.41) is 21.9. The number of anilines is 1. The first kappa shape index (κ1) is 19.8. The second-order valence-electron chi connectivity index (χ2n) is 6.88. The van der Waals surface area contributed by atoms with Crippen molar-refractivity contribution in [2.24, 2.45) is 0 Å². The van der Waals surface area contributed by atoms with Gasteiger partial charge < -0.3 is 9.64 Å². The molecule has 0 radical (unpaired) electrons. The van der Waals surface area contributed by atoms with Crippen LogP contribution in [-0.2, 0) is 4.79 Å². The van der Waals surface area contributed by atoms with Crippen LogP contribution in [-0.4, -0.2) is 35.4 Å².